The third kappa shape index (κ3) is 4.63. The molecule has 3 rings (SSSR count). The number of hydrazine groups is 1. The first-order valence-electron chi connectivity index (χ1n) is 7.90. The highest BCUT2D eigenvalue weighted by Crippen LogP contribution is 2.24. The molecule has 0 radical (unpaired) electrons. The van der Waals surface area contributed by atoms with Gasteiger partial charge in [-0.1, -0.05) is 15.9 Å². The van der Waals surface area contributed by atoms with Crippen LogP contribution in [0.25, 0.3) is 6.20 Å². The number of amides is 1. The summed E-state index contributed by atoms with van der Waals surface area (Å²) in [5.74, 6) is -1.12. The van der Waals surface area contributed by atoms with Gasteiger partial charge in [-0.2, -0.15) is 0 Å². The molecule has 0 saturated carbocycles. The Labute approximate surface area is 162 Å². The smallest absolute Gasteiger partial charge is 0.294 e. The van der Waals surface area contributed by atoms with Crippen LogP contribution in [0.15, 0.2) is 40.9 Å². The molecule has 1 aromatic heterocycles. The van der Waals surface area contributed by atoms with Crippen LogP contribution in [-0.2, 0) is 16.2 Å². The van der Waals surface area contributed by atoms with Crippen molar-refractivity contribution in [2.45, 2.75) is 12.6 Å². The molecule has 1 unspecified atom stereocenters. The Morgan fingerprint density at radius 3 is 3.04 bits per heavy atom. The normalized spacial score (nSPS) is 14.4. The number of nitrogens with one attached hydrogen (secondary N) is 2. The number of aromatic nitrogens is 2. The fourth-order valence-electron chi connectivity index (χ4n) is 2.33. The van der Waals surface area contributed by atoms with E-state index in [9.17, 15) is 14.3 Å². The third-order valence-corrected chi connectivity index (χ3v) is 4.18. The summed E-state index contributed by atoms with van der Waals surface area (Å²) in [6.07, 6.45) is 3.57. The molecule has 0 aliphatic carbocycles. The van der Waals surface area contributed by atoms with Gasteiger partial charge in [-0.15, -0.1) is 0 Å². The summed E-state index contributed by atoms with van der Waals surface area (Å²) >= 11 is 3.20. The van der Waals surface area contributed by atoms with Gasteiger partial charge < -0.3 is 14.8 Å². The molecule has 2 aromatic rings. The number of imidazole rings is 1. The van der Waals surface area contributed by atoms with Gasteiger partial charge in [0, 0.05) is 10.7 Å². The number of hydrogen-bond donors (Lipinski definition) is 4. The lowest BCUT2D eigenvalue weighted by atomic mass is 10.3. The first-order chi connectivity index (χ1) is 13.0. The average Bonchev–Trinajstić information content (AvgIpc) is 3.10. The lowest BCUT2D eigenvalue weighted by Gasteiger charge is -2.31. The molecule has 1 aromatic carbocycles. The zero-order chi connectivity index (χ0) is 19.4. The van der Waals surface area contributed by atoms with Crippen molar-refractivity contribution in [3.63, 3.8) is 0 Å². The Bertz CT molecular complexity index is 859. The zero-order valence-corrected chi connectivity index (χ0v) is 15.6. The second-order valence-corrected chi connectivity index (χ2v) is 6.62. The minimum Gasteiger partial charge on any atom is -0.394 e. The highest BCUT2D eigenvalue weighted by atomic mass is 79.9. The van der Waals surface area contributed by atoms with E-state index in [4.69, 9.17) is 9.94 Å². The van der Waals surface area contributed by atoms with E-state index in [-0.39, 0.29) is 24.5 Å². The predicted octanol–water partition coefficient (Wildman–Crippen LogP) is 0.827. The van der Waals surface area contributed by atoms with Gasteiger partial charge in [0.1, 0.15) is 24.2 Å². The maximum absolute atomic E-state index is 14.2. The molecule has 144 valence electrons. The summed E-state index contributed by atoms with van der Waals surface area (Å²) in [6.45, 7) is -0.526. The number of hydroxylamine groups is 1. The summed E-state index contributed by atoms with van der Waals surface area (Å²) in [4.78, 5) is 21.4. The fourth-order valence-corrected chi connectivity index (χ4v) is 2.67. The molecular weight excluding hydrogens is 425 g/mol. The van der Waals surface area contributed by atoms with E-state index in [1.807, 2.05) is 0 Å². The first-order valence-corrected chi connectivity index (χ1v) is 8.70. The van der Waals surface area contributed by atoms with Crippen LogP contribution >= 0.6 is 15.9 Å². The van der Waals surface area contributed by atoms with Gasteiger partial charge in [0.25, 0.3) is 5.91 Å². The Morgan fingerprint density at radius 2 is 2.30 bits per heavy atom. The largest absolute Gasteiger partial charge is 0.394 e. The van der Waals surface area contributed by atoms with Gasteiger partial charge in [0.2, 0.25) is 0 Å². The van der Waals surface area contributed by atoms with Crippen molar-refractivity contribution in [2.75, 3.05) is 18.6 Å². The molecular formula is C16H17BrFN5O4. The van der Waals surface area contributed by atoms with Crippen LogP contribution in [0.1, 0.15) is 5.69 Å². The topological polar surface area (TPSA) is 112 Å². The van der Waals surface area contributed by atoms with Gasteiger partial charge in [-0.25, -0.2) is 14.9 Å². The molecule has 9 nitrogen and oxygen atoms in total. The Hall–Kier alpha value is -2.47. The van der Waals surface area contributed by atoms with Gasteiger partial charge >= 0.3 is 0 Å². The maximum atomic E-state index is 14.2. The standard InChI is InChI=1S/C16H17BrFN5O4/c17-10-1-2-14(13(18)3-10)20-23-5-11-4-19-9-22(11)6-15(23)16(26)21-27-8-12(25)7-24/h1-4,6,9,12,20,24-25H,5,7-8H2,(H,21,26). The van der Waals surface area contributed by atoms with Gasteiger partial charge in [-0.3, -0.25) is 20.1 Å². The van der Waals surface area contributed by atoms with Crippen LogP contribution in [0.2, 0.25) is 0 Å². The van der Waals surface area contributed by atoms with Crippen molar-refractivity contribution < 1.29 is 24.2 Å². The third-order valence-electron chi connectivity index (χ3n) is 3.69. The molecule has 11 heteroatoms. The second kappa shape index (κ2) is 8.48. The molecule has 0 saturated heterocycles. The minimum absolute atomic E-state index is 0.140. The van der Waals surface area contributed by atoms with Crippen molar-refractivity contribution >= 4 is 33.7 Å². The molecule has 27 heavy (non-hydrogen) atoms. The monoisotopic (exact) mass is 441 g/mol. The highest BCUT2D eigenvalue weighted by molar-refractivity contribution is 9.10. The Morgan fingerprint density at radius 1 is 1.48 bits per heavy atom. The first kappa shape index (κ1) is 19.3. The predicted molar refractivity (Wildman–Crippen MR) is 97.0 cm³/mol. The number of aliphatic hydroxyl groups excluding tert-OH is 2. The van der Waals surface area contributed by atoms with Crippen LogP contribution < -0.4 is 10.9 Å². The number of carbonyl (C=O) groups is 1. The fraction of sp³-hybridized carbons (Fsp3) is 0.250. The quantitative estimate of drug-likeness (QED) is 0.470. The van der Waals surface area contributed by atoms with Crippen molar-refractivity contribution in [3.05, 3.63) is 52.4 Å². The highest BCUT2D eigenvalue weighted by Gasteiger charge is 2.25. The van der Waals surface area contributed by atoms with Crippen LogP contribution in [-0.4, -0.2) is 50.0 Å². The number of benzene rings is 1. The number of halogens is 2. The van der Waals surface area contributed by atoms with E-state index < -0.39 is 24.4 Å². The molecule has 0 spiro atoms. The summed E-state index contributed by atoms with van der Waals surface area (Å²) < 4.78 is 16.4. The number of hydrogen-bond acceptors (Lipinski definition) is 7. The molecule has 0 fully saturated rings. The molecule has 1 amide bonds. The minimum atomic E-state index is -1.11. The van der Waals surface area contributed by atoms with E-state index in [1.165, 1.54) is 29.7 Å². The van der Waals surface area contributed by atoms with E-state index in [1.54, 1.807) is 16.8 Å². The van der Waals surface area contributed by atoms with Gasteiger partial charge in [0.05, 0.1) is 37.1 Å². The number of fused-ring (bicyclic) bond motifs is 1. The molecule has 1 aliphatic heterocycles. The summed E-state index contributed by atoms with van der Waals surface area (Å²) in [7, 11) is 0. The molecule has 1 aliphatic rings. The van der Waals surface area contributed by atoms with E-state index >= 15 is 0 Å². The lowest BCUT2D eigenvalue weighted by Crippen LogP contribution is -2.41. The Balaban J connectivity index is 1.77. The van der Waals surface area contributed by atoms with Crippen LogP contribution in [0.4, 0.5) is 10.1 Å². The summed E-state index contributed by atoms with van der Waals surface area (Å²) in [6, 6.07) is 4.51. The van der Waals surface area contributed by atoms with Crippen LogP contribution in [0, 0.1) is 5.82 Å². The lowest BCUT2D eigenvalue weighted by molar-refractivity contribution is -0.134. The number of rotatable bonds is 7. The van der Waals surface area contributed by atoms with Gasteiger partial charge in [0.15, 0.2) is 0 Å². The maximum Gasteiger partial charge on any atom is 0.294 e. The number of anilines is 1. The van der Waals surface area contributed by atoms with Crippen LogP contribution in [0.5, 0.6) is 0 Å². The zero-order valence-electron chi connectivity index (χ0n) is 14.0. The van der Waals surface area contributed by atoms with Crippen molar-refractivity contribution in [1.29, 1.82) is 0 Å². The number of carbonyl (C=O) groups excluding carboxylic acids is 1. The average molecular weight is 442 g/mol. The second-order valence-electron chi connectivity index (χ2n) is 5.71. The molecule has 1 atom stereocenters. The number of aliphatic hydroxyl groups is 2. The van der Waals surface area contributed by atoms with Crippen molar-refractivity contribution in [3.8, 4) is 0 Å². The van der Waals surface area contributed by atoms with Gasteiger partial charge in [-0.05, 0) is 18.2 Å². The molecule has 0 bridgehead atoms. The SMILES string of the molecule is O=C(NOCC(O)CO)C1=Cn2cncc2CN1Nc1ccc(Br)cc1F. The van der Waals surface area contributed by atoms with E-state index in [0.717, 1.165) is 5.69 Å². The Kier molecular flexibility index (Phi) is 6.06. The van der Waals surface area contributed by atoms with Crippen molar-refractivity contribution in [2.24, 2.45) is 0 Å². The van der Waals surface area contributed by atoms with E-state index in [2.05, 4.69) is 31.8 Å². The van der Waals surface area contributed by atoms with Crippen molar-refractivity contribution in [1.82, 2.24) is 20.0 Å². The summed E-state index contributed by atoms with van der Waals surface area (Å²) in [5.41, 5.74) is 6.16. The summed E-state index contributed by atoms with van der Waals surface area (Å²) in [5, 5.41) is 19.5. The van der Waals surface area contributed by atoms with Crippen LogP contribution in [0.3, 0.4) is 0 Å². The molecule has 2 heterocycles. The van der Waals surface area contributed by atoms with E-state index in [0.29, 0.717) is 4.47 Å². The molecule has 4 N–H and O–H groups in total. The number of nitrogens with zero attached hydrogens (tertiary/aromatic N) is 3.